The van der Waals surface area contributed by atoms with Gasteiger partial charge in [-0.15, -0.1) is 0 Å². The molecular formula is C19H29N3O3S. The Morgan fingerprint density at radius 2 is 1.88 bits per heavy atom. The van der Waals surface area contributed by atoms with Crippen LogP contribution in [-0.4, -0.2) is 42.7 Å². The first kappa shape index (κ1) is 20.6. The SMILES string of the molecule is CC(C)CCSCC(=O)Nc1ccc(NC(=O)NCC2CCCO2)cc1. The van der Waals surface area contributed by atoms with Crippen molar-refractivity contribution in [3.05, 3.63) is 24.3 Å². The molecule has 1 heterocycles. The van der Waals surface area contributed by atoms with Crippen LogP contribution in [0.25, 0.3) is 0 Å². The van der Waals surface area contributed by atoms with Crippen molar-refractivity contribution in [3.63, 3.8) is 0 Å². The summed E-state index contributed by atoms with van der Waals surface area (Å²) in [5.74, 6) is 2.11. The second-order valence-electron chi connectivity index (χ2n) is 6.83. The molecule has 1 fully saturated rings. The summed E-state index contributed by atoms with van der Waals surface area (Å²) in [6, 6.07) is 6.86. The standard InChI is InChI=1S/C19H29N3O3S/c1-14(2)9-11-26-13-18(23)21-15-5-7-16(8-6-15)22-19(24)20-12-17-4-3-10-25-17/h5-8,14,17H,3-4,9-13H2,1-2H3,(H,21,23)(H2,20,22,24). The van der Waals surface area contributed by atoms with Crippen LogP contribution in [0.3, 0.4) is 0 Å². The van der Waals surface area contributed by atoms with Gasteiger partial charge in [-0.3, -0.25) is 4.79 Å². The Morgan fingerprint density at radius 1 is 1.19 bits per heavy atom. The van der Waals surface area contributed by atoms with Gasteiger partial charge < -0.3 is 20.7 Å². The average Bonchev–Trinajstić information content (AvgIpc) is 3.12. The molecule has 1 unspecified atom stereocenters. The van der Waals surface area contributed by atoms with Crippen molar-refractivity contribution >= 4 is 35.1 Å². The molecule has 0 aromatic heterocycles. The number of nitrogens with one attached hydrogen (secondary N) is 3. The highest BCUT2D eigenvalue weighted by molar-refractivity contribution is 7.99. The van der Waals surface area contributed by atoms with Gasteiger partial charge in [-0.2, -0.15) is 11.8 Å². The minimum atomic E-state index is -0.251. The van der Waals surface area contributed by atoms with E-state index in [0.29, 0.717) is 23.9 Å². The predicted octanol–water partition coefficient (Wildman–Crippen LogP) is 3.70. The molecule has 1 aliphatic heterocycles. The van der Waals surface area contributed by atoms with Gasteiger partial charge in [-0.25, -0.2) is 4.79 Å². The first-order valence-corrected chi connectivity index (χ1v) is 10.3. The molecule has 0 spiro atoms. The lowest BCUT2D eigenvalue weighted by molar-refractivity contribution is -0.113. The molecule has 3 N–H and O–H groups in total. The topological polar surface area (TPSA) is 79.5 Å². The Bertz CT molecular complexity index is 572. The summed E-state index contributed by atoms with van der Waals surface area (Å²) in [7, 11) is 0. The number of hydrogen-bond donors (Lipinski definition) is 3. The molecule has 26 heavy (non-hydrogen) atoms. The highest BCUT2D eigenvalue weighted by Crippen LogP contribution is 2.15. The van der Waals surface area contributed by atoms with E-state index in [-0.39, 0.29) is 18.0 Å². The third-order valence-electron chi connectivity index (χ3n) is 4.01. The van der Waals surface area contributed by atoms with Gasteiger partial charge in [0.2, 0.25) is 5.91 Å². The first-order valence-electron chi connectivity index (χ1n) is 9.17. The number of benzene rings is 1. The van der Waals surface area contributed by atoms with Gasteiger partial charge in [0.15, 0.2) is 0 Å². The summed E-state index contributed by atoms with van der Waals surface area (Å²) in [6.45, 7) is 5.66. The number of rotatable bonds is 9. The van der Waals surface area contributed by atoms with E-state index in [1.807, 2.05) is 0 Å². The first-order chi connectivity index (χ1) is 12.5. The minimum Gasteiger partial charge on any atom is -0.376 e. The fourth-order valence-electron chi connectivity index (χ4n) is 2.51. The molecule has 1 saturated heterocycles. The van der Waals surface area contributed by atoms with Crippen LogP contribution in [0.2, 0.25) is 0 Å². The molecule has 0 aliphatic carbocycles. The van der Waals surface area contributed by atoms with Crippen molar-refractivity contribution in [1.82, 2.24) is 5.32 Å². The Morgan fingerprint density at radius 3 is 2.50 bits per heavy atom. The molecule has 1 aliphatic rings. The van der Waals surface area contributed by atoms with E-state index in [1.165, 1.54) is 0 Å². The molecule has 6 nitrogen and oxygen atoms in total. The fourth-order valence-corrected chi connectivity index (χ4v) is 3.54. The molecule has 3 amide bonds. The second-order valence-corrected chi connectivity index (χ2v) is 7.94. The monoisotopic (exact) mass is 379 g/mol. The van der Waals surface area contributed by atoms with E-state index in [4.69, 9.17) is 4.74 Å². The van der Waals surface area contributed by atoms with E-state index in [0.717, 1.165) is 37.3 Å². The zero-order chi connectivity index (χ0) is 18.8. The number of carbonyl (C=O) groups excluding carboxylic acids is 2. The van der Waals surface area contributed by atoms with Gasteiger partial charge in [0, 0.05) is 24.5 Å². The lowest BCUT2D eigenvalue weighted by Crippen LogP contribution is -2.35. The van der Waals surface area contributed by atoms with E-state index in [2.05, 4.69) is 29.8 Å². The number of carbonyl (C=O) groups is 2. The van der Waals surface area contributed by atoms with Crippen molar-refractivity contribution in [1.29, 1.82) is 0 Å². The lowest BCUT2D eigenvalue weighted by atomic mass is 10.2. The molecule has 7 heteroatoms. The average molecular weight is 380 g/mol. The van der Waals surface area contributed by atoms with Crippen LogP contribution < -0.4 is 16.0 Å². The molecular weight excluding hydrogens is 350 g/mol. The summed E-state index contributed by atoms with van der Waals surface area (Å²) in [6.07, 6.45) is 3.28. The number of ether oxygens (including phenoxy) is 1. The Balaban J connectivity index is 1.66. The van der Waals surface area contributed by atoms with E-state index < -0.39 is 0 Å². The highest BCUT2D eigenvalue weighted by atomic mass is 32.2. The summed E-state index contributed by atoms with van der Waals surface area (Å²) < 4.78 is 5.47. The van der Waals surface area contributed by atoms with E-state index in [9.17, 15) is 9.59 Å². The Hall–Kier alpha value is -1.73. The lowest BCUT2D eigenvalue weighted by Gasteiger charge is -2.12. The highest BCUT2D eigenvalue weighted by Gasteiger charge is 2.16. The number of anilines is 2. The third kappa shape index (κ3) is 8.10. The van der Waals surface area contributed by atoms with Gasteiger partial charge in [0.1, 0.15) is 0 Å². The van der Waals surface area contributed by atoms with Crippen LogP contribution in [0, 0.1) is 5.92 Å². The molecule has 1 aromatic rings. The van der Waals surface area contributed by atoms with Crippen LogP contribution in [-0.2, 0) is 9.53 Å². The van der Waals surface area contributed by atoms with Gasteiger partial charge in [-0.1, -0.05) is 13.8 Å². The number of amides is 3. The normalized spacial score (nSPS) is 16.5. The number of thioether (sulfide) groups is 1. The smallest absolute Gasteiger partial charge is 0.319 e. The largest absolute Gasteiger partial charge is 0.376 e. The molecule has 0 saturated carbocycles. The predicted molar refractivity (Wildman–Crippen MR) is 108 cm³/mol. The van der Waals surface area contributed by atoms with Gasteiger partial charge in [0.25, 0.3) is 0 Å². The summed E-state index contributed by atoms with van der Waals surface area (Å²) >= 11 is 1.65. The maximum absolute atomic E-state index is 11.9. The van der Waals surface area contributed by atoms with Crippen molar-refractivity contribution in [2.75, 3.05) is 35.3 Å². The van der Waals surface area contributed by atoms with Crippen molar-refractivity contribution in [2.24, 2.45) is 5.92 Å². The molecule has 0 radical (unpaired) electrons. The van der Waals surface area contributed by atoms with E-state index in [1.54, 1.807) is 36.0 Å². The number of urea groups is 1. The Labute approximate surface area is 159 Å². The molecule has 0 bridgehead atoms. The number of hydrogen-bond acceptors (Lipinski definition) is 4. The fraction of sp³-hybridized carbons (Fsp3) is 0.579. The Kier molecular flexibility index (Phi) is 8.77. The van der Waals surface area contributed by atoms with Crippen LogP contribution in [0.4, 0.5) is 16.2 Å². The van der Waals surface area contributed by atoms with E-state index >= 15 is 0 Å². The summed E-state index contributed by atoms with van der Waals surface area (Å²) in [5.41, 5.74) is 1.41. The van der Waals surface area contributed by atoms with Crippen LogP contribution >= 0.6 is 11.8 Å². The van der Waals surface area contributed by atoms with Crippen LogP contribution in [0.5, 0.6) is 0 Å². The quantitative estimate of drug-likeness (QED) is 0.572. The second kappa shape index (κ2) is 11.1. The maximum atomic E-state index is 11.9. The van der Waals surface area contributed by atoms with Gasteiger partial charge in [0.05, 0.1) is 11.9 Å². The van der Waals surface area contributed by atoms with Crippen molar-refractivity contribution in [2.45, 2.75) is 39.2 Å². The molecule has 1 atom stereocenters. The molecule has 1 aromatic carbocycles. The summed E-state index contributed by atoms with van der Waals surface area (Å²) in [5, 5.41) is 8.45. The molecule has 2 rings (SSSR count). The molecule has 144 valence electrons. The zero-order valence-electron chi connectivity index (χ0n) is 15.5. The van der Waals surface area contributed by atoms with Crippen molar-refractivity contribution in [3.8, 4) is 0 Å². The third-order valence-corrected chi connectivity index (χ3v) is 5.00. The van der Waals surface area contributed by atoms with Crippen LogP contribution in [0.1, 0.15) is 33.1 Å². The summed E-state index contributed by atoms with van der Waals surface area (Å²) in [4.78, 5) is 23.8. The minimum absolute atomic E-state index is 0.00577. The van der Waals surface area contributed by atoms with Gasteiger partial charge >= 0.3 is 6.03 Å². The zero-order valence-corrected chi connectivity index (χ0v) is 16.4. The van der Waals surface area contributed by atoms with Gasteiger partial charge in [-0.05, 0) is 55.2 Å². The maximum Gasteiger partial charge on any atom is 0.319 e. The van der Waals surface area contributed by atoms with Crippen LogP contribution in [0.15, 0.2) is 24.3 Å². The van der Waals surface area contributed by atoms with Crippen molar-refractivity contribution < 1.29 is 14.3 Å².